The van der Waals surface area contributed by atoms with Gasteiger partial charge in [-0.1, -0.05) is 43.4 Å². The molecule has 1 amide bonds. The SMILES string of the molecule is CCCc1nnsc1C(=O)NC(CCC)C(N)=S. The second-order valence-corrected chi connectivity index (χ2v) is 5.24. The standard InChI is InChI=1S/C11H18N4OS2/c1-3-5-7-9(18-15-14-7)11(16)13-8(6-4-2)10(12)17/h8H,3-6H2,1-2H3,(H2,12,17)(H,13,16). The molecule has 1 atom stereocenters. The van der Waals surface area contributed by atoms with Gasteiger partial charge < -0.3 is 11.1 Å². The van der Waals surface area contributed by atoms with Gasteiger partial charge in [-0.2, -0.15) is 0 Å². The molecule has 1 aromatic heterocycles. The van der Waals surface area contributed by atoms with Crippen LogP contribution in [-0.2, 0) is 6.42 Å². The van der Waals surface area contributed by atoms with Crippen LogP contribution in [0.4, 0.5) is 0 Å². The first-order valence-corrected chi connectivity index (χ1v) is 7.19. The molecule has 0 saturated carbocycles. The molecule has 1 aromatic rings. The van der Waals surface area contributed by atoms with Crippen LogP contribution in [0.3, 0.4) is 0 Å². The highest BCUT2D eigenvalue weighted by Gasteiger charge is 2.20. The third-order valence-corrected chi connectivity index (χ3v) is 3.53. The number of nitrogens with zero attached hydrogens (tertiary/aromatic N) is 2. The molecule has 0 bridgehead atoms. The molecule has 0 spiro atoms. The Balaban J connectivity index is 2.74. The fourth-order valence-corrected chi connectivity index (χ4v) is 2.37. The van der Waals surface area contributed by atoms with Crippen molar-refractivity contribution in [1.82, 2.24) is 14.9 Å². The first kappa shape index (κ1) is 15.0. The molecule has 3 N–H and O–H groups in total. The molecule has 0 saturated heterocycles. The fraction of sp³-hybridized carbons (Fsp3) is 0.636. The summed E-state index contributed by atoms with van der Waals surface area (Å²) in [6.07, 6.45) is 3.34. The van der Waals surface area contributed by atoms with Gasteiger partial charge >= 0.3 is 0 Å². The Labute approximate surface area is 116 Å². The van der Waals surface area contributed by atoms with Crippen LogP contribution in [0.25, 0.3) is 0 Å². The van der Waals surface area contributed by atoms with E-state index < -0.39 is 0 Å². The van der Waals surface area contributed by atoms with Crippen LogP contribution in [0.15, 0.2) is 0 Å². The van der Waals surface area contributed by atoms with Crippen molar-refractivity contribution < 1.29 is 4.79 Å². The van der Waals surface area contributed by atoms with Gasteiger partial charge in [-0.25, -0.2) is 0 Å². The van der Waals surface area contributed by atoms with Crippen LogP contribution in [0.2, 0.25) is 0 Å². The molecule has 1 rings (SSSR count). The maximum atomic E-state index is 12.1. The van der Waals surface area contributed by atoms with E-state index in [1.807, 2.05) is 13.8 Å². The Hall–Kier alpha value is -1.08. The highest BCUT2D eigenvalue weighted by molar-refractivity contribution is 7.80. The molecule has 1 unspecified atom stereocenters. The average molecular weight is 286 g/mol. The summed E-state index contributed by atoms with van der Waals surface area (Å²) in [6.45, 7) is 4.06. The minimum Gasteiger partial charge on any atom is -0.392 e. The minimum atomic E-state index is -0.255. The van der Waals surface area contributed by atoms with E-state index in [-0.39, 0.29) is 11.9 Å². The van der Waals surface area contributed by atoms with Crippen molar-refractivity contribution in [3.8, 4) is 0 Å². The Morgan fingerprint density at radius 2 is 2.22 bits per heavy atom. The van der Waals surface area contributed by atoms with E-state index in [9.17, 15) is 4.79 Å². The first-order valence-electron chi connectivity index (χ1n) is 6.01. The van der Waals surface area contributed by atoms with Crippen molar-refractivity contribution in [3.63, 3.8) is 0 Å². The lowest BCUT2D eigenvalue weighted by molar-refractivity contribution is 0.0948. The van der Waals surface area contributed by atoms with E-state index in [1.54, 1.807) is 0 Å². The summed E-state index contributed by atoms with van der Waals surface area (Å²) < 4.78 is 3.83. The summed E-state index contributed by atoms with van der Waals surface area (Å²) in [7, 11) is 0. The molecule has 7 heteroatoms. The number of nitrogens with one attached hydrogen (secondary N) is 1. The summed E-state index contributed by atoms with van der Waals surface area (Å²) in [4.78, 5) is 13.0. The Morgan fingerprint density at radius 1 is 1.50 bits per heavy atom. The molecule has 100 valence electrons. The van der Waals surface area contributed by atoms with E-state index in [0.717, 1.165) is 42.9 Å². The zero-order chi connectivity index (χ0) is 13.5. The van der Waals surface area contributed by atoms with Crippen molar-refractivity contribution in [3.05, 3.63) is 10.6 Å². The van der Waals surface area contributed by atoms with Crippen molar-refractivity contribution in [2.24, 2.45) is 5.73 Å². The van der Waals surface area contributed by atoms with Gasteiger partial charge in [0.15, 0.2) is 0 Å². The minimum absolute atomic E-state index is 0.181. The number of aromatic nitrogens is 2. The zero-order valence-corrected chi connectivity index (χ0v) is 12.2. The third kappa shape index (κ3) is 3.99. The molecule has 0 aromatic carbocycles. The summed E-state index contributed by atoms with van der Waals surface area (Å²) in [6, 6.07) is -0.255. The number of nitrogens with two attached hydrogens (primary N) is 1. The summed E-state index contributed by atoms with van der Waals surface area (Å²) in [5, 5.41) is 6.81. The number of aryl methyl sites for hydroxylation is 1. The number of thiocarbonyl (C=S) groups is 1. The number of hydrogen-bond acceptors (Lipinski definition) is 5. The van der Waals surface area contributed by atoms with E-state index in [2.05, 4.69) is 14.9 Å². The van der Waals surface area contributed by atoms with Crippen LogP contribution < -0.4 is 11.1 Å². The molecular formula is C11H18N4OS2. The molecule has 0 aliphatic carbocycles. The van der Waals surface area contributed by atoms with Gasteiger partial charge in [0.05, 0.1) is 16.7 Å². The second-order valence-electron chi connectivity index (χ2n) is 4.02. The van der Waals surface area contributed by atoms with Gasteiger partial charge in [-0.3, -0.25) is 4.79 Å². The molecule has 18 heavy (non-hydrogen) atoms. The smallest absolute Gasteiger partial charge is 0.265 e. The maximum absolute atomic E-state index is 12.1. The Bertz CT molecular complexity index is 419. The highest BCUT2D eigenvalue weighted by Crippen LogP contribution is 2.13. The second kappa shape index (κ2) is 7.38. The Kier molecular flexibility index (Phi) is 6.14. The summed E-state index contributed by atoms with van der Waals surface area (Å²) >= 11 is 6.06. The van der Waals surface area contributed by atoms with Crippen molar-refractivity contribution >= 4 is 34.6 Å². The summed E-state index contributed by atoms with van der Waals surface area (Å²) in [5.74, 6) is -0.181. The van der Waals surface area contributed by atoms with Crippen LogP contribution in [0.5, 0.6) is 0 Å². The predicted octanol–water partition coefficient (Wildman–Crippen LogP) is 1.68. The van der Waals surface area contributed by atoms with Gasteiger partial charge in [0, 0.05) is 0 Å². The average Bonchev–Trinajstić information content (AvgIpc) is 2.77. The summed E-state index contributed by atoms with van der Waals surface area (Å²) in [5.41, 5.74) is 6.36. The van der Waals surface area contributed by atoms with E-state index >= 15 is 0 Å². The Morgan fingerprint density at radius 3 is 2.78 bits per heavy atom. The third-order valence-electron chi connectivity index (χ3n) is 2.47. The van der Waals surface area contributed by atoms with Crippen molar-refractivity contribution in [1.29, 1.82) is 0 Å². The number of rotatable bonds is 7. The number of amides is 1. The molecular weight excluding hydrogens is 268 g/mol. The van der Waals surface area contributed by atoms with Crippen LogP contribution in [0, 0.1) is 0 Å². The van der Waals surface area contributed by atoms with Crippen molar-refractivity contribution in [2.45, 2.75) is 45.6 Å². The van der Waals surface area contributed by atoms with Crippen LogP contribution in [0.1, 0.15) is 48.5 Å². The first-order chi connectivity index (χ1) is 8.60. The topological polar surface area (TPSA) is 80.9 Å². The van der Waals surface area contributed by atoms with E-state index in [0.29, 0.717) is 9.87 Å². The lowest BCUT2D eigenvalue weighted by atomic mass is 10.1. The highest BCUT2D eigenvalue weighted by atomic mass is 32.1. The van der Waals surface area contributed by atoms with Gasteiger partial charge in [0.25, 0.3) is 5.91 Å². The van der Waals surface area contributed by atoms with Crippen molar-refractivity contribution in [2.75, 3.05) is 0 Å². The number of carbonyl (C=O) groups excluding carboxylic acids is 1. The lowest BCUT2D eigenvalue weighted by Gasteiger charge is -2.16. The van der Waals surface area contributed by atoms with E-state index in [4.69, 9.17) is 18.0 Å². The largest absolute Gasteiger partial charge is 0.392 e. The zero-order valence-electron chi connectivity index (χ0n) is 10.6. The molecule has 0 fully saturated rings. The molecule has 0 aliphatic heterocycles. The number of carbonyl (C=O) groups is 1. The monoisotopic (exact) mass is 286 g/mol. The molecule has 5 nitrogen and oxygen atoms in total. The lowest BCUT2D eigenvalue weighted by Crippen LogP contribution is -2.43. The quantitative estimate of drug-likeness (QED) is 0.745. The van der Waals surface area contributed by atoms with Gasteiger partial charge in [0.2, 0.25) is 0 Å². The van der Waals surface area contributed by atoms with Gasteiger partial charge in [-0.05, 0) is 24.4 Å². The normalized spacial score (nSPS) is 12.1. The molecule has 0 aliphatic rings. The van der Waals surface area contributed by atoms with E-state index in [1.165, 1.54) is 0 Å². The van der Waals surface area contributed by atoms with Gasteiger partial charge in [-0.15, -0.1) is 5.10 Å². The molecule has 0 radical (unpaired) electrons. The van der Waals surface area contributed by atoms with Crippen LogP contribution in [-0.4, -0.2) is 26.5 Å². The van der Waals surface area contributed by atoms with Crippen LogP contribution >= 0.6 is 23.8 Å². The molecule has 1 heterocycles. The predicted molar refractivity (Wildman–Crippen MR) is 76.9 cm³/mol. The number of hydrogen-bond donors (Lipinski definition) is 2. The fourth-order valence-electron chi connectivity index (χ4n) is 1.58. The van der Waals surface area contributed by atoms with Gasteiger partial charge in [0.1, 0.15) is 4.88 Å². The maximum Gasteiger partial charge on any atom is 0.265 e.